The van der Waals surface area contributed by atoms with Crippen molar-refractivity contribution in [1.29, 1.82) is 0 Å². The zero-order valence-electron chi connectivity index (χ0n) is 16.5. The molecule has 152 valence electrons. The fourth-order valence-electron chi connectivity index (χ4n) is 3.74. The van der Waals surface area contributed by atoms with Crippen LogP contribution in [0.4, 0.5) is 11.8 Å². The maximum Gasteiger partial charge on any atom is 0.231 e. The molecular formula is C20H25N7O2. The predicted octanol–water partition coefficient (Wildman–Crippen LogP) is 2.23. The van der Waals surface area contributed by atoms with Gasteiger partial charge in [-0.15, -0.1) is 0 Å². The molecule has 2 aliphatic heterocycles. The summed E-state index contributed by atoms with van der Waals surface area (Å²) in [5, 5.41) is 3.38. The summed E-state index contributed by atoms with van der Waals surface area (Å²) in [5.41, 5.74) is 2.81. The lowest BCUT2D eigenvalue weighted by Gasteiger charge is -2.34. The fourth-order valence-corrected chi connectivity index (χ4v) is 3.74. The van der Waals surface area contributed by atoms with E-state index in [-0.39, 0.29) is 0 Å². The van der Waals surface area contributed by atoms with Crippen molar-refractivity contribution >= 4 is 22.9 Å². The number of aromatic amines is 1. The maximum absolute atomic E-state index is 5.49. The SMILES string of the molecule is CCCNc1nc(N2CCN(Cc3ccc4c(c3)OCO4)CC2)nc2nc[nH]c12. The van der Waals surface area contributed by atoms with E-state index in [1.807, 2.05) is 6.07 Å². The minimum absolute atomic E-state index is 0.312. The van der Waals surface area contributed by atoms with Crippen LogP contribution in [0.15, 0.2) is 24.5 Å². The minimum atomic E-state index is 0.312. The van der Waals surface area contributed by atoms with Crippen LogP contribution >= 0.6 is 0 Å². The number of aromatic nitrogens is 4. The van der Waals surface area contributed by atoms with Gasteiger partial charge in [-0.05, 0) is 24.1 Å². The van der Waals surface area contributed by atoms with Gasteiger partial charge in [-0.25, -0.2) is 4.98 Å². The molecule has 0 atom stereocenters. The second kappa shape index (κ2) is 7.75. The van der Waals surface area contributed by atoms with Gasteiger partial charge in [-0.2, -0.15) is 9.97 Å². The summed E-state index contributed by atoms with van der Waals surface area (Å²) in [6.45, 7) is 7.89. The van der Waals surface area contributed by atoms with E-state index < -0.39 is 0 Å². The average Bonchev–Trinajstić information content (AvgIpc) is 3.41. The zero-order valence-corrected chi connectivity index (χ0v) is 16.5. The summed E-state index contributed by atoms with van der Waals surface area (Å²) in [6, 6.07) is 6.18. The Labute approximate surface area is 169 Å². The quantitative estimate of drug-likeness (QED) is 0.657. The van der Waals surface area contributed by atoms with Gasteiger partial charge >= 0.3 is 0 Å². The third-order valence-corrected chi connectivity index (χ3v) is 5.31. The van der Waals surface area contributed by atoms with Crippen molar-refractivity contribution in [3.63, 3.8) is 0 Å². The number of ether oxygens (including phenoxy) is 2. The lowest BCUT2D eigenvalue weighted by molar-refractivity contribution is 0.174. The molecule has 1 saturated heterocycles. The van der Waals surface area contributed by atoms with E-state index >= 15 is 0 Å². The van der Waals surface area contributed by atoms with Crippen molar-refractivity contribution in [3.05, 3.63) is 30.1 Å². The number of piperazine rings is 1. The standard InChI is InChI=1S/C20H25N7O2/c1-2-5-21-18-17-19(23-12-22-17)25-20(24-18)27-8-6-26(7-9-27)11-14-3-4-15-16(10-14)29-13-28-15/h3-4,10,12H,2,5-9,11,13H2,1H3,(H2,21,22,23,24,25). The Bertz CT molecular complexity index is 998. The Morgan fingerprint density at radius 2 is 1.97 bits per heavy atom. The smallest absolute Gasteiger partial charge is 0.231 e. The molecule has 1 fully saturated rings. The molecule has 9 heteroatoms. The first kappa shape index (κ1) is 18.0. The molecule has 2 aliphatic rings. The molecule has 9 nitrogen and oxygen atoms in total. The van der Waals surface area contributed by atoms with Crippen molar-refractivity contribution in [1.82, 2.24) is 24.8 Å². The highest BCUT2D eigenvalue weighted by molar-refractivity contribution is 5.83. The molecule has 4 heterocycles. The van der Waals surface area contributed by atoms with E-state index in [0.717, 1.165) is 74.5 Å². The van der Waals surface area contributed by atoms with Crippen molar-refractivity contribution in [2.45, 2.75) is 19.9 Å². The molecule has 0 aliphatic carbocycles. The number of anilines is 2. The van der Waals surface area contributed by atoms with Gasteiger partial charge in [0.15, 0.2) is 23.0 Å². The van der Waals surface area contributed by atoms with Gasteiger partial charge in [-0.1, -0.05) is 13.0 Å². The van der Waals surface area contributed by atoms with Crippen LogP contribution < -0.4 is 19.7 Å². The van der Waals surface area contributed by atoms with Crippen molar-refractivity contribution in [3.8, 4) is 11.5 Å². The third-order valence-electron chi connectivity index (χ3n) is 5.31. The molecule has 0 bridgehead atoms. The highest BCUT2D eigenvalue weighted by Gasteiger charge is 2.22. The van der Waals surface area contributed by atoms with Crippen LogP contribution in [-0.4, -0.2) is 64.4 Å². The Hall–Kier alpha value is -3.07. The first-order valence-electron chi connectivity index (χ1n) is 10.1. The topological polar surface area (TPSA) is 91.4 Å². The van der Waals surface area contributed by atoms with Crippen LogP contribution in [0.3, 0.4) is 0 Å². The summed E-state index contributed by atoms with van der Waals surface area (Å²) in [6.07, 6.45) is 2.71. The van der Waals surface area contributed by atoms with E-state index in [1.54, 1.807) is 6.33 Å². The second-order valence-electron chi connectivity index (χ2n) is 7.35. The monoisotopic (exact) mass is 395 g/mol. The van der Waals surface area contributed by atoms with E-state index in [2.05, 4.69) is 49.1 Å². The Kier molecular flexibility index (Phi) is 4.81. The largest absolute Gasteiger partial charge is 0.454 e. The number of rotatable bonds is 6. The molecule has 5 rings (SSSR count). The number of hydrogen-bond donors (Lipinski definition) is 2. The molecule has 0 saturated carbocycles. The number of nitrogens with zero attached hydrogens (tertiary/aromatic N) is 5. The van der Waals surface area contributed by atoms with Crippen LogP contribution in [0.1, 0.15) is 18.9 Å². The van der Waals surface area contributed by atoms with Crippen LogP contribution in [0, 0.1) is 0 Å². The molecule has 0 spiro atoms. The number of imidazole rings is 1. The molecule has 0 radical (unpaired) electrons. The molecule has 2 aromatic heterocycles. The highest BCUT2D eigenvalue weighted by Crippen LogP contribution is 2.33. The fraction of sp³-hybridized carbons (Fsp3) is 0.450. The van der Waals surface area contributed by atoms with E-state index in [9.17, 15) is 0 Å². The maximum atomic E-state index is 5.49. The summed E-state index contributed by atoms with van der Waals surface area (Å²) in [7, 11) is 0. The first-order chi connectivity index (χ1) is 14.3. The lowest BCUT2D eigenvalue weighted by atomic mass is 10.1. The van der Waals surface area contributed by atoms with Crippen molar-refractivity contribution in [2.24, 2.45) is 0 Å². The summed E-state index contributed by atoms with van der Waals surface area (Å²) < 4.78 is 10.9. The van der Waals surface area contributed by atoms with Crippen molar-refractivity contribution in [2.75, 3.05) is 49.7 Å². The Balaban J connectivity index is 1.25. The number of nitrogens with one attached hydrogen (secondary N) is 2. The molecule has 0 unspecified atom stereocenters. The molecule has 1 aromatic carbocycles. The number of hydrogen-bond acceptors (Lipinski definition) is 8. The minimum Gasteiger partial charge on any atom is -0.454 e. The summed E-state index contributed by atoms with van der Waals surface area (Å²) in [5.74, 6) is 3.24. The number of fused-ring (bicyclic) bond motifs is 2. The van der Waals surface area contributed by atoms with Gasteiger partial charge in [0.05, 0.1) is 6.33 Å². The predicted molar refractivity (Wildman–Crippen MR) is 111 cm³/mol. The van der Waals surface area contributed by atoms with Gasteiger partial charge in [0.1, 0.15) is 5.52 Å². The Morgan fingerprint density at radius 1 is 1.10 bits per heavy atom. The first-order valence-corrected chi connectivity index (χ1v) is 10.1. The van der Waals surface area contributed by atoms with Gasteiger partial charge in [-0.3, -0.25) is 4.90 Å². The van der Waals surface area contributed by atoms with Crippen LogP contribution in [0.2, 0.25) is 0 Å². The molecule has 0 amide bonds. The van der Waals surface area contributed by atoms with Gasteiger partial charge in [0, 0.05) is 39.3 Å². The van der Waals surface area contributed by atoms with E-state index in [1.165, 1.54) is 5.56 Å². The summed E-state index contributed by atoms with van der Waals surface area (Å²) >= 11 is 0. The van der Waals surface area contributed by atoms with Crippen LogP contribution in [0.25, 0.3) is 11.2 Å². The second-order valence-corrected chi connectivity index (χ2v) is 7.35. The van der Waals surface area contributed by atoms with Crippen LogP contribution in [-0.2, 0) is 6.54 Å². The van der Waals surface area contributed by atoms with Gasteiger partial charge in [0.25, 0.3) is 0 Å². The number of H-pyrrole nitrogens is 1. The lowest BCUT2D eigenvalue weighted by Crippen LogP contribution is -2.46. The van der Waals surface area contributed by atoms with Crippen LogP contribution in [0.5, 0.6) is 11.5 Å². The average molecular weight is 395 g/mol. The zero-order chi connectivity index (χ0) is 19.6. The molecule has 3 aromatic rings. The van der Waals surface area contributed by atoms with Gasteiger partial charge < -0.3 is 24.7 Å². The molecule has 29 heavy (non-hydrogen) atoms. The Morgan fingerprint density at radius 3 is 2.83 bits per heavy atom. The van der Waals surface area contributed by atoms with Gasteiger partial charge in [0.2, 0.25) is 12.7 Å². The van der Waals surface area contributed by atoms with E-state index in [0.29, 0.717) is 12.4 Å². The third kappa shape index (κ3) is 3.65. The normalized spacial score (nSPS) is 16.5. The highest BCUT2D eigenvalue weighted by atomic mass is 16.7. The van der Waals surface area contributed by atoms with Crippen molar-refractivity contribution < 1.29 is 9.47 Å². The number of benzene rings is 1. The molecular weight excluding hydrogens is 370 g/mol. The van der Waals surface area contributed by atoms with E-state index in [4.69, 9.17) is 14.5 Å². The molecule has 2 N–H and O–H groups in total. The summed E-state index contributed by atoms with van der Waals surface area (Å²) in [4.78, 5) is 21.6.